The molecule has 0 spiro atoms. The van der Waals surface area contributed by atoms with E-state index in [9.17, 15) is 15.0 Å². The summed E-state index contributed by atoms with van der Waals surface area (Å²) in [5, 5.41) is 28.0. The van der Waals surface area contributed by atoms with Gasteiger partial charge in [-0.05, 0) is 30.7 Å². The molecular weight excluding hydrogens is 220 g/mol. The first-order chi connectivity index (χ1) is 6.83. The second-order valence-electron chi connectivity index (χ2n) is 3.53. The Labute approximate surface area is 91.7 Å². The number of phenolic OH excluding ortho intramolecular Hbond substituents is 1. The number of halogens is 1. The van der Waals surface area contributed by atoms with Crippen molar-refractivity contribution >= 4 is 17.6 Å². The summed E-state index contributed by atoms with van der Waals surface area (Å²) in [4.78, 5) is 10.7. The van der Waals surface area contributed by atoms with Crippen molar-refractivity contribution in [1.82, 2.24) is 0 Å². The Morgan fingerprint density at radius 2 is 2.13 bits per heavy atom. The second-order valence-corrected chi connectivity index (χ2v) is 3.97. The van der Waals surface area contributed by atoms with Gasteiger partial charge < -0.3 is 15.3 Å². The van der Waals surface area contributed by atoms with Gasteiger partial charge in [0.1, 0.15) is 5.75 Å². The number of aliphatic hydroxyl groups is 1. The molecule has 0 amide bonds. The summed E-state index contributed by atoms with van der Waals surface area (Å²) >= 11 is 5.69. The lowest BCUT2D eigenvalue weighted by atomic mass is 9.96. The highest BCUT2D eigenvalue weighted by Crippen LogP contribution is 2.25. The summed E-state index contributed by atoms with van der Waals surface area (Å²) in [5.74, 6) is -1.43. The van der Waals surface area contributed by atoms with E-state index in [2.05, 4.69) is 0 Å². The second kappa shape index (κ2) is 4.08. The lowest BCUT2D eigenvalue weighted by Gasteiger charge is -2.18. The van der Waals surface area contributed by atoms with E-state index in [1.54, 1.807) is 0 Å². The van der Waals surface area contributed by atoms with Gasteiger partial charge in [-0.1, -0.05) is 11.6 Å². The molecule has 3 N–H and O–H groups in total. The molecule has 0 radical (unpaired) electrons. The van der Waals surface area contributed by atoms with Crippen molar-refractivity contribution in [3.63, 3.8) is 0 Å². The molecule has 1 aromatic carbocycles. The minimum atomic E-state index is -1.91. The van der Waals surface area contributed by atoms with Crippen LogP contribution in [-0.4, -0.2) is 26.9 Å². The first-order valence-corrected chi connectivity index (χ1v) is 4.64. The molecule has 1 rings (SSSR count). The maximum absolute atomic E-state index is 10.7. The quantitative estimate of drug-likeness (QED) is 0.734. The monoisotopic (exact) mass is 230 g/mol. The SMILES string of the molecule is CC(O)(Cc1cc(Cl)ccc1O)C(=O)O. The molecule has 0 heterocycles. The Morgan fingerprint density at radius 3 is 2.67 bits per heavy atom. The highest BCUT2D eigenvalue weighted by molar-refractivity contribution is 6.30. The van der Waals surface area contributed by atoms with Crippen LogP contribution in [0.1, 0.15) is 12.5 Å². The van der Waals surface area contributed by atoms with E-state index in [0.29, 0.717) is 10.6 Å². The molecule has 5 heteroatoms. The number of phenols is 1. The molecule has 0 aromatic heterocycles. The summed E-state index contributed by atoms with van der Waals surface area (Å²) in [6.07, 6.45) is -0.200. The van der Waals surface area contributed by atoms with E-state index >= 15 is 0 Å². The zero-order valence-corrected chi connectivity index (χ0v) is 8.82. The number of hydrogen-bond acceptors (Lipinski definition) is 3. The number of aromatic hydroxyl groups is 1. The molecule has 4 nitrogen and oxygen atoms in total. The molecule has 0 aliphatic heterocycles. The smallest absolute Gasteiger partial charge is 0.335 e. The third-order valence-corrected chi connectivity index (χ3v) is 2.27. The fraction of sp³-hybridized carbons (Fsp3) is 0.300. The van der Waals surface area contributed by atoms with Crippen LogP contribution < -0.4 is 0 Å². The minimum Gasteiger partial charge on any atom is -0.508 e. The molecule has 0 saturated carbocycles. The zero-order valence-electron chi connectivity index (χ0n) is 8.07. The summed E-state index contributed by atoms with van der Waals surface area (Å²) in [7, 11) is 0. The fourth-order valence-electron chi connectivity index (χ4n) is 1.14. The third kappa shape index (κ3) is 2.84. The number of aliphatic carboxylic acids is 1. The molecule has 0 aliphatic carbocycles. The molecule has 1 atom stereocenters. The Bertz CT molecular complexity index is 387. The van der Waals surface area contributed by atoms with Crippen molar-refractivity contribution in [3.8, 4) is 5.75 Å². The number of hydrogen-bond donors (Lipinski definition) is 3. The van der Waals surface area contributed by atoms with Gasteiger partial charge in [-0.15, -0.1) is 0 Å². The number of rotatable bonds is 3. The van der Waals surface area contributed by atoms with Gasteiger partial charge in [0.25, 0.3) is 0 Å². The van der Waals surface area contributed by atoms with Gasteiger partial charge >= 0.3 is 5.97 Å². The van der Waals surface area contributed by atoms with Crippen LogP contribution in [0.3, 0.4) is 0 Å². The van der Waals surface area contributed by atoms with Gasteiger partial charge in [-0.3, -0.25) is 0 Å². The van der Waals surface area contributed by atoms with E-state index in [0.717, 1.165) is 6.92 Å². The van der Waals surface area contributed by atoms with Crippen LogP contribution >= 0.6 is 11.6 Å². The van der Waals surface area contributed by atoms with Crippen molar-refractivity contribution in [2.45, 2.75) is 18.9 Å². The maximum Gasteiger partial charge on any atom is 0.335 e. The van der Waals surface area contributed by atoms with Crippen molar-refractivity contribution < 1.29 is 20.1 Å². The highest BCUT2D eigenvalue weighted by atomic mass is 35.5. The van der Waals surface area contributed by atoms with Crippen LogP contribution in [0.2, 0.25) is 5.02 Å². The normalized spacial score (nSPS) is 14.6. The molecular formula is C10H11ClO4. The third-order valence-electron chi connectivity index (χ3n) is 2.04. The average Bonchev–Trinajstić information content (AvgIpc) is 2.10. The first-order valence-electron chi connectivity index (χ1n) is 4.26. The van der Waals surface area contributed by atoms with E-state index in [-0.39, 0.29) is 12.2 Å². The van der Waals surface area contributed by atoms with E-state index in [1.165, 1.54) is 18.2 Å². The molecule has 1 aromatic rings. The van der Waals surface area contributed by atoms with Gasteiger partial charge in [-0.25, -0.2) is 4.79 Å². The molecule has 0 saturated heterocycles. The molecule has 0 aliphatic rings. The van der Waals surface area contributed by atoms with E-state index < -0.39 is 11.6 Å². The van der Waals surface area contributed by atoms with E-state index in [4.69, 9.17) is 16.7 Å². The standard InChI is InChI=1S/C10H11ClO4/c1-10(15,9(13)14)5-6-4-7(11)2-3-8(6)12/h2-4,12,15H,5H2,1H3,(H,13,14). The minimum absolute atomic E-state index is 0.0825. The van der Waals surface area contributed by atoms with Crippen LogP contribution in [0, 0.1) is 0 Å². The van der Waals surface area contributed by atoms with Crippen LogP contribution in [0.25, 0.3) is 0 Å². The average molecular weight is 231 g/mol. The molecule has 1 unspecified atom stereocenters. The Balaban J connectivity index is 2.99. The molecule has 82 valence electrons. The Hall–Kier alpha value is -1.26. The van der Waals surface area contributed by atoms with Gasteiger partial charge in [0, 0.05) is 11.4 Å². The lowest BCUT2D eigenvalue weighted by Crippen LogP contribution is -2.37. The predicted octanol–water partition coefficient (Wildman–Crippen LogP) is 1.42. The van der Waals surface area contributed by atoms with Crippen LogP contribution in [0.4, 0.5) is 0 Å². The van der Waals surface area contributed by atoms with Crippen LogP contribution in [0.5, 0.6) is 5.75 Å². The van der Waals surface area contributed by atoms with E-state index in [1.807, 2.05) is 0 Å². The van der Waals surface area contributed by atoms with Crippen molar-refractivity contribution in [3.05, 3.63) is 28.8 Å². The summed E-state index contributed by atoms with van der Waals surface area (Å²) in [5.41, 5.74) is -1.61. The Morgan fingerprint density at radius 1 is 1.53 bits per heavy atom. The fourth-order valence-corrected chi connectivity index (χ4v) is 1.34. The molecule has 15 heavy (non-hydrogen) atoms. The van der Waals surface area contributed by atoms with Crippen LogP contribution in [0.15, 0.2) is 18.2 Å². The summed E-state index contributed by atoms with van der Waals surface area (Å²) in [6, 6.07) is 4.26. The first kappa shape index (κ1) is 11.8. The number of carboxylic acid groups (broad SMARTS) is 1. The summed E-state index contributed by atoms with van der Waals surface area (Å²) < 4.78 is 0. The zero-order chi connectivity index (χ0) is 11.6. The Kier molecular flexibility index (Phi) is 3.21. The maximum atomic E-state index is 10.7. The number of carbonyl (C=O) groups is 1. The van der Waals surface area contributed by atoms with Crippen molar-refractivity contribution in [2.75, 3.05) is 0 Å². The predicted molar refractivity (Wildman–Crippen MR) is 55.1 cm³/mol. The topological polar surface area (TPSA) is 77.8 Å². The molecule has 0 bridgehead atoms. The summed E-state index contributed by atoms with van der Waals surface area (Å²) in [6.45, 7) is 1.16. The van der Waals surface area contributed by atoms with Gasteiger partial charge in [0.05, 0.1) is 0 Å². The number of benzene rings is 1. The van der Waals surface area contributed by atoms with Gasteiger partial charge in [0.15, 0.2) is 5.60 Å². The van der Waals surface area contributed by atoms with Crippen LogP contribution in [-0.2, 0) is 11.2 Å². The molecule has 0 fully saturated rings. The van der Waals surface area contributed by atoms with Crippen molar-refractivity contribution in [1.29, 1.82) is 0 Å². The number of carboxylic acids is 1. The lowest BCUT2D eigenvalue weighted by molar-refractivity contribution is -0.156. The van der Waals surface area contributed by atoms with Gasteiger partial charge in [0.2, 0.25) is 0 Å². The highest BCUT2D eigenvalue weighted by Gasteiger charge is 2.31. The van der Waals surface area contributed by atoms with Crippen molar-refractivity contribution in [2.24, 2.45) is 0 Å². The van der Waals surface area contributed by atoms with Gasteiger partial charge in [-0.2, -0.15) is 0 Å². The largest absolute Gasteiger partial charge is 0.508 e.